The number of nitrogens with zero attached hydrogens (tertiary/aromatic N) is 3. The first-order chi connectivity index (χ1) is 20.2. The first-order valence-electron chi connectivity index (χ1n) is 15.8. The van der Waals surface area contributed by atoms with Gasteiger partial charge in [0.05, 0.1) is 7.11 Å². The van der Waals surface area contributed by atoms with Crippen LogP contribution in [0.5, 0.6) is 5.75 Å². The van der Waals surface area contributed by atoms with Crippen molar-refractivity contribution in [2.24, 2.45) is 22.1 Å². The van der Waals surface area contributed by atoms with Gasteiger partial charge in [-0.1, -0.05) is 25.3 Å². The molecule has 7 heteroatoms. The first kappa shape index (κ1) is 30.2. The second-order valence-corrected chi connectivity index (χ2v) is 13.2. The van der Waals surface area contributed by atoms with Crippen LogP contribution >= 0.6 is 0 Å². The number of pyridine rings is 1. The zero-order valence-corrected chi connectivity index (χ0v) is 25.8. The van der Waals surface area contributed by atoms with Crippen LogP contribution in [0.15, 0.2) is 41.7 Å². The summed E-state index contributed by atoms with van der Waals surface area (Å²) in [4.78, 5) is 25.5. The number of carbonyl (C=O) groups excluding carboxylic acids is 1. The van der Waals surface area contributed by atoms with Crippen molar-refractivity contribution in [1.82, 2.24) is 4.98 Å². The van der Waals surface area contributed by atoms with E-state index in [-0.39, 0.29) is 34.5 Å². The average Bonchev–Trinajstić information content (AvgIpc) is 3.01. The van der Waals surface area contributed by atoms with E-state index in [9.17, 15) is 9.18 Å². The summed E-state index contributed by atoms with van der Waals surface area (Å²) in [7, 11) is 1.52. The molecule has 226 valence electrons. The molecular formula is C35H47FN4O2. The minimum Gasteiger partial charge on any atom is -0.493 e. The zero-order valence-electron chi connectivity index (χ0n) is 25.8. The van der Waals surface area contributed by atoms with E-state index in [1.54, 1.807) is 24.7 Å². The summed E-state index contributed by atoms with van der Waals surface area (Å²) in [5.74, 6) is 1.02. The molecule has 2 N–H and O–H groups in total. The Morgan fingerprint density at radius 3 is 2.43 bits per heavy atom. The standard InChI is InChI=1S/C35H47FN4O2/c1-24(2)39-22-28(21-37)27-10-17-38-31(19-27)40(33(41)26-8-6-5-7-9-26)23-34-11-14-35(15-12-34,16-13-34)29-18-25(3)32(42-4)30(36)20-29/h10,17-22,24,26H,5-9,11-16,23,37H2,1-4H3/b28-21+,39-22?. The van der Waals surface area contributed by atoms with Crippen LogP contribution in [0.4, 0.5) is 10.2 Å². The maximum atomic E-state index is 14.9. The second kappa shape index (κ2) is 12.6. The lowest BCUT2D eigenvalue weighted by atomic mass is 9.51. The number of carbonyl (C=O) groups is 1. The maximum absolute atomic E-state index is 14.9. The molecule has 1 heterocycles. The number of benzene rings is 1. The summed E-state index contributed by atoms with van der Waals surface area (Å²) < 4.78 is 20.2. The number of ether oxygens (including phenoxy) is 1. The molecule has 1 amide bonds. The van der Waals surface area contributed by atoms with Crippen molar-refractivity contribution in [1.29, 1.82) is 0 Å². The Balaban J connectivity index is 1.42. The predicted octanol–water partition coefficient (Wildman–Crippen LogP) is 7.52. The monoisotopic (exact) mass is 574 g/mol. The predicted molar refractivity (Wildman–Crippen MR) is 168 cm³/mol. The number of halogens is 1. The van der Waals surface area contributed by atoms with E-state index in [4.69, 9.17) is 15.5 Å². The molecule has 2 bridgehead atoms. The molecule has 1 aromatic heterocycles. The van der Waals surface area contributed by atoms with Crippen LogP contribution in [0, 0.1) is 24.1 Å². The minimum atomic E-state index is -0.274. The van der Waals surface area contributed by atoms with Gasteiger partial charge in [-0.15, -0.1) is 0 Å². The van der Waals surface area contributed by atoms with E-state index in [1.165, 1.54) is 13.5 Å². The Bertz CT molecular complexity index is 1300. The van der Waals surface area contributed by atoms with E-state index in [1.807, 2.05) is 37.8 Å². The van der Waals surface area contributed by atoms with Crippen LogP contribution in [0.25, 0.3) is 5.57 Å². The fourth-order valence-corrected chi connectivity index (χ4v) is 7.59. The molecule has 0 atom stereocenters. The summed E-state index contributed by atoms with van der Waals surface area (Å²) in [6.07, 6.45) is 16.5. The van der Waals surface area contributed by atoms with Gasteiger partial charge >= 0.3 is 0 Å². The second-order valence-electron chi connectivity index (χ2n) is 13.2. The quantitative estimate of drug-likeness (QED) is 0.314. The largest absolute Gasteiger partial charge is 0.493 e. The van der Waals surface area contributed by atoms with Crippen molar-refractivity contribution in [3.05, 3.63) is 59.2 Å². The van der Waals surface area contributed by atoms with Crippen LogP contribution in [-0.4, -0.2) is 36.8 Å². The molecular weight excluding hydrogens is 527 g/mol. The Labute approximate surface area is 250 Å². The Morgan fingerprint density at radius 1 is 1.14 bits per heavy atom. The van der Waals surface area contributed by atoms with E-state index in [0.29, 0.717) is 18.1 Å². The molecule has 4 aliphatic carbocycles. The Hall–Kier alpha value is -3.22. The average molecular weight is 575 g/mol. The number of rotatable bonds is 9. The van der Waals surface area contributed by atoms with Crippen molar-refractivity contribution in [3.8, 4) is 5.75 Å². The van der Waals surface area contributed by atoms with Gasteiger partial charge in [0.15, 0.2) is 11.6 Å². The molecule has 0 saturated heterocycles. The molecule has 4 aliphatic rings. The van der Waals surface area contributed by atoms with Gasteiger partial charge in [0.2, 0.25) is 5.91 Å². The van der Waals surface area contributed by atoms with Gasteiger partial charge < -0.3 is 10.5 Å². The van der Waals surface area contributed by atoms with Gasteiger partial charge in [0.1, 0.15) is 5.82 Å². The SMILES string of the molecule is COc1c(C)cc(C23CCC(CN(C(=O)C4CCCCC4)c4cc(/C(C=NC(C)C)=C/N)ccn4)(CC2)CC3)cc1F. The van der Waals surface area contributed by atoms with E-state index in [0.717, 1.165) is 86.5 Å². The lowest BCUT2D eigenvalue weighted by Gasteiger charge is -2.55. The molecule has 0 unspecified atom stereocenters. The third-order valence-corrected chi connectivity index (χ3v) is 10.2. The lowest BCUT2D eigenvalue weighted by molar-refractivity contribution is -0.124. The smallest absolute Gasteiger partial charge is 0.231 e. The number of nitrogens with two attached hydrogens (primary N) is 1. The maximum Gasteiger partial charge on any atom is 0.231 e. The number of fused-ring (bicyclic) bond motifs is 3. The van der Waals surface area contributed by atoms with Crippen molar-refractivity contribution in [3.63, 3.8) is 0 Å². The lowest BCUT2D eigenvalue weighted by Crippen LogP contribution is -2.51. The number of aliphatic imine (C=N–C) groups is 1. The van der Waals surface area contributed by atoms with Gasteiger partial charge in [-0.05, 0) is 118 Å². The van der Waals surface area contributed by atoms with Gasteiger partial charge in [0.25, 0.3) is 0 Å². The van der Waals surface area contributed by atoms with Gasteiger partial charge in [-0.25, -0.2) is 9.37 Å². The third-order valence-electron chi connectivity index (χ3n) is 10.2. The summed E-state index contributed by atoms with van der Waals surface area (Å²) in [6.45, 7) is 6.66. The topological polar surface area (TPSA) is 80.8 Å². The van der Waals surface area contributed by atoms with Crippen LogP contribution in [-0.2, 0) is 10.2 Å². The molecule has 0 spiro atoms. The van der Waals surface area contributed by atoms with E-state index >= 15 is 0 Å². The van der Waals surface area contributed by atoms with Crippen molar-refractivity contribution < 1.29 is 13.9 Å². The number of hydrogen-bond donors (Lipinski definition) is 1. The first-order valence-corrected chi connectivity index (χ1v) is 15.8. The molecule has 6 nitrogen and oxygen atoms in total. The molecule has 6 rings (SSSR count). The zero-order chi connectivity index (χ0) is 29.9. The van der Waals surface area contributed by atoms with E-state index < -0.39 is 0 Å². The highest BCUT2D eigenvalue weighted by atomic mass is 19.1. The van der Waals surface area contributed by atoms with Crippen LogP contribution < -0.4 is 15.4 Å². The normalized spacial score (nSPS) is 24.9. The number of anilines is 1. The summed E-state index contributed by atoms with van der Waals surface area (Å²) in [5.41, 5.74) is 9.71. The highest BCUT2D eigenvalue weighted by Crippen LogP contribution is 2.58. The number of amides is 1. The van der Waals surface area contributed by atoms with Crippen LogP contribution in [0.2, 0.25) is 0 Å². The van der Waals surface area contributed by atoms with E-state index in [2.05, 4.69) is 11.1 Å². The molecule has 4 fully saturated rings. The summed E-state index contributed by atoms with van der Waals surface area (Å²) in [6, 6.07) is 7.92. The molecule has 0 radical (unpaired) electrons. The molecule has 2 aromatic rings. The number of aromatic nitrogens is 1. The highest BCUT2D eigenvalue weighted by Gasteiger charge is 2.51. The molecule has 1 aromatic carbocycles. The van der Waals surface area contributed by atoms with Crippen molar-refractivity contribution >= 4 is 23.5 Å². The number of hydrogen-bond acceptors (Lipinski definition) is 5. The van der Waals surface area contributed by atoms with Gasteiger partial charge in [-0.2, -0.15) is 0 Å². The van der Waals surface area contributed by atoms with Gasteiger partial charge in [-0.3, -0.25) is 14.7 Å². The number of aryl methyl sites for hydroxylation is 1. The minimum absolute atomic E-state index is 0.00737. The highest BCUT2D eigenvalue weighted by molar-refractivity contribution is 6.10. The van der Waals surface area contributed by atoms with Crippen LogP contribution in [0.1, 0.15) is 101 Å². The third kappa shape index (κ3) is 6.11. The fraction of sp³-hybridized carbons (Fsp3) is 0.571. The Kier molecular flexibility index (Phi) is 9.05. The van der Waals surface area contributed by atoms with Crippen LogP contribution in [0.3, 0.4) is 0 Å². The van der Waals surface area contributed by atoms with Gasteiger partial charge in [0, 0.05) is 42.7 Å². The fourth-order valence-electron chi connectivity index (χ4n) is 7.59. The summed E-state index contributed by atoms with van der Waals surface area (Å²) >= 11 is 0. The number of allylic oxidation sites excluding steroid dienone is 1. The Morgan fingerprint density at radius 2 is 1.83 bits per heavy atom. The summed E-state index contributed by atoms with van der Waals surface area (Å²) in [5, 5.41) is 0. The number of methoxy groups -OCH3 is 1. The molecule has 42 heavy (non-hydrogen) atoms. The van der Waals surface area contributed by atoms with Crippen molar-refractivity contribution in [2.45, 2.75) is 103 Å². The van der Waals surface area contributed by atoms with Crippen molar-refractivity contribution in [2.75, 3.05) is 18.6 Å². The molecule has 0 aliphatic heterocycles. The molecule has 4 saturated carbocycles.